The van der Waals surface area contributed by atoms with Crippen LogP contribution in [0.2, 0.25) is 0 Å². The van der Waals surface area contributed by atoms with Gasteiger partial charge in [0.25, 0.3) is 11.8 Å². The fraction of sp³-hybridized carbons (Fsp3) is 0.212. The van der Waals surface area contributed by atoms with Crippen molar-refractivity contribution in [1.29, 1.82) is 0 Å². The summed E-state index contributed by atoms with van der Waals surface area (Å²) in [4.78, 5) is 44.3. The van der Waals surface area contributed by atoms with Crippen molar-refractivity contribution in [3.8, 4) is 16.9 Å². The Bertz CT molecular complexity index is 1490. The summed E-state index contributed by atoms with van der Waals surface area (Å²) >= 11 is 0. The maximum atomic E-state index is 14.0. The number of para-hydroxylation sites is 1. The summed E-state index contributed by atoms with van der Waals surface area (Å²) in [5, 5.41) is 12.3. The van der Waals surface area contributed by atoms with Crippen LogP contribution in [0.15, 0.2) is 97.3 Å². The molecule has 0 unspecified atom stereocenters. The monoisotopic (exact) mass is 551 g/mol. The van der Waals surface area contributed by atoms with E-state index in [4.69, 9.17) is 4.74 Å². The molecule has 8 nitrogen and oxygen atoms in total. The molecule has 0 radical (unpaired) electrons. The molecule has 0 saturated heterocycles. The van der Waals surface area contributed by atoms with Gasteiger partial charge in [0, 0.05) is 43.2 Å². The highest BCUT2D eigenvalue weighted by Gasteiger charge is 2.23. The number of nitrogens with one attached hydrogen (secondary N) is 1. The average molecular weight is 552 g/mol. The number of nitrogens with zero attached hydrogens (tertiary/aromatic N) is 2. The van der Waals surface area contributed by atoms with Gasteiger partial charge in [-0.2, -0.15) is 0 Å². The van der Waals surface area contributed by atoms with Crippen molar-refractivity contribution in [2.24, 2.45) is 0 Å². The van der Waals surface area contributed by atoms with Crippen molar-refractivity contribution in [3.63, 3.8) is 0 Å². The molecule has 0 aliphatic heterocycles. The van der Waals surface area contributed by atoms with Gasteiger partial charge in [0.15, 0.2) is 0 Å². The Balaban J connectivity index is 1.61. The van der Waals surface area contributed by atoms with E-state index in [-0.39, 0.29) is 24.8 Å². The number of carboxylic acids is 1. The predicted molar refractivity (Wildman–Crippen MR) is 157 cm³/mol. The topological polar surface area (TPSA) is 109 Å². The van der Waals surface area contributed by atoms with Crippen molar-refractivity contribution in [1.82, 2.24) is 15.2 Å². The summed E-state index contributed by atoms with van der Waals surface area (Å²) < 4.78 is 5.73. The van der Waals surface area contributed by atoms with Crippen LogP contribution in [0.5, 0.6) is 5.75 Å². The first-order chi connectivity index (χ1) is 20.0. The van der Waals surface area contributed by atoms with E-state index >= 15 is 0 Å². The molecule has 2 N–H and O–H groups in total. The molecule has 8 heteroatoms. The molecule has 0 spiro atoms. The Morgan fingerprint density at radius 3 is 2.24 bits per heavy atom. The number of aromatic nitrogens is 1. The number of ether oxygens (including phenoxy) is 1. The third-order valence-electron chi connectivity index (χ3n) is 6.60. The number of carboxylic acid groups (broad SMARTS) is 1. The van der Waals surface area contributed by atoms with Crippen LogP contribution in [0.1, 0.15) is 45.2 Å². The largest absolute Gasteiger partial charge is 0.494 e. The number of pyridine rings is 1. The Hall–Kier alpha value is -4.98. The lowest BCUT2D eigenvalue weighted by Gasteiger charge is -2.24. The Morgan fingerprint density at radius 1 is 0.854 bits per heavy atom. The van der Waals surface area contributed by atoms with Crippen LogP contribution in [0.25, 0.3) is 11.1 Å². The molecule has 210 valence electrons. The number of amides is 2. The number of carbonyl (C=O) groups is 3. The molecular weight excluding hydrogens is 518 g/mol. The van der Waals surface area contributed by atoms with Crippen molar-refractivity contribution in [2.45, 2.75) is 26.3 Å². The molecule has 3 aromatic carbocycles. The van der Waals surface area contributed by atoms with Crippen LogP contribution in [-0.2, 0) is 17.8 Å². The smallest absolute Gasteiger partial charge is 0.305 e. The maximum absolute atomic E-state index is 14.0. The van der Waals surface area contributed by atoms with Gasteiger partial charge in [0.1, 0.15) is 5.75 Å². The van der Waals surface area contributed by atoms with E-state index in [0.29, 0.717) is 48.4 Å². The first-order valence-electron chi connectivity index (χ1n) is 13.5. The Morgan fingerprint density at radius 2 is 1.54 bits per heavy atom. The van der Waals surface area contributed by atoms with Crippen molar-refractivity contribution >= 4 is 17.8 Å². The van der Waals surface area contributed by atoms with Crippen LogP contribution in [0.3, 0.4) is 0 Å². The maximum Gasteiger partial charge on any atom is 0.305 e. The second kappa shape index (κ2) is 14.4. The van der Waals surface area contributed by atoms with Crippen molar-refractivity contribution < 1.29 is 24.2 Å². The van der Waals surface area contributed by atoms with Gasteiger partial charge in [0.2, 0.25) is 0 Å². The van der Waals surface area contributed by atoms with Gasteiger partial charge in [-0.15, -0.1) is 0 Å². The molecule has 41 heavy (non-hydrogen) atoms. The van der Waals surface area contributed by atoms with E-state index in [1.54, 1.807) is 47.6 Å². The quantitative estimate of drug-likeness (QED) is 0.235. The van der Waals surface area contributed by atoms with Crippen LogP contribution in [-0.4, -0.2) is 52.5 Å². The van der Waals surface area contributed by atoms with Crippen molar-refractivity contribution in [2.75, 3.05) is 19.7 Å². The number of benzene rings is 3. The van der Waals surface area contributed by atoms with Crippen LogP contribution >= 0.6 is 0 Å². The highest BCUT2D eigenvalue weighted by molar-refractivity contribution is 6.06. The Labute approximate surface area is 239 Å². The number of hydrogen-bond donors (Lipinski definition) is 2. The van der Waals surface area contributed by atoms with Crippen molar-refractivity contribution in [3.05, 3.63) is 120 Å². The normalized spacial score (nSPS) is 10.6. The number of carbonyl (C=O) groups excluding carboxylic acids is 2. The first kappa shape index (κ1) is 29.0. The third-order valence-corrected chi connectivity index (χ3v) is 6.60. The van der Waals surface area contributed by atoms with Gasteiger partial charge in [-0.1, -0.05) is 60.7 Å². The SMILES string of the molecule is CCOc1ccccc1CCN(CCC(=O)O)C(=O)c1ccccc1-c1ccccc1C(=O)NCc1cccnc1. The first-order valence-corrected chi connectivity index (χ1v) is 13.5. The standard InChI is InChI=1S/C33H33N3O5/c1-2-41-30-16-8-3-11-25(30)17-20-36(21-18-31(37)38)33(40)29-15-7-5-13-27(29)26-12-4-6-14-28(26)32(39)35-23-24-10-9-19-34-22-24/h3-16,19,22H,2,17-18,20-21,23H2,1H3,(H,35,39)(H,37,38). The van der Waals surface area contributed by atoms with Gasteiger partial charge < -0.3 is 20.1 Å². The summed E-state index contributed by atoms with van der Waals surface area (Å²) in [6, 6.07) is 25.6. The number of hydrogen-bond acceptors (Lipinski definition) is 5. The van der Waals surface area contributed by atoms with Gasteiger partial charge >= 0.3 is 5.97 Å². The summed E-state index contributed by atoms with van der Waals surface area (Å²) in [6.45, 7) is 3.09. The van der Waals surface area contributed by atoms with E-state index < -0.39 is 5.97 Å². The van der Waals surface area contributed by atoms with E-state index in [0.717, 1.165) is 16.9 Å². The van der Waals surface area contributed by atoms with E-state index in [9.17, 15) is 19.5 Å². The third kappa shape index (κ3) is 7.79. The Kier molecular flexibility index (Phi) is 10.2. The highest BCUT2D eigenvalue weighted by Crippen LogP contribution is 2.29. The molecular formula is C33H33N3O5. The van der Waals surface area contributed by atoms with E-state index in [2.05, 4.69) is 10.3 Å². The number of rotatable bonds is 13. The minimum Gasteiger partial charge on any atom is -0.494 e. The molecule has 4 rings (SSSR count). The molecule has 0 aliphatic carbocycles. The zero-order valence-corrected chi connectivity index (χ0v) is 23.0. The zero-order valence-electron chi connectivity index (χ0n) is 23.0. The second-order valence-corrected chi connectivity index (χ2v) is 9.36. The van der Waals surface area contributed by atoms with E-state index in [1.165, 1.54) is 0 Å². The highest BCUT2D eigenvalue weighted by atomic mass is 16.5. The van der Waals surface area contributed by atoms with Gasteiger partial charge in [0.05, 0.1) is 13.0 Å². The molecule has 2 amide bonds. The zero-order chi connectivity index (χ0) is 29.0. The average Bonchev–Trinajstić information content (AvgIpc) is 3.01. The molecule has 1 aromatic heterocycles. The summed E-state index contributed by atoms with van der Waals surface area (Å²) in [6.07, 6.45) is 3.68. The second-order valence-electron chi connectivity index (χ2n) is 9.36. The molecule has 4 aromatic rings. The fourth-order valence-corrected chi connectivity index (χ4v) is 4.58. The molecule has 0 atom stereocenters. The fourth-order valence-electron chi connectivity index (χ4n) is 4.58. The van der Waals surface area contributed by atoms with E-state index in [1.807, 2.05) is 61.5 Å². The lowest BCUT2D eigenvalue weighted by atomic mass is 9.94. The lowest BCUT2D eigenvalue weighted by Crippen LogP contribution is -2.35. The molecule has 0 fully saturated rings. The molecule has 0 bridgehead atoms. The van der Waals surface area contributed by atoms with Gasteiger partial charge in [-0.05, 0) is 59.9 Å². The van der Waals surface area contributed by atoms with Crippen LogP contribution in [0, 0.1) is 0 Å². The number of aliphatic carboxylic acids is 1. The van der Waals surface area contributed by atoms with Gasteiger partial charge in [-0.25, -0.2) is 0 Å². The van der Waals surface area contributed by atoms with Crippen LogP contribution < -0.4 is 10.1 Å². The van der Waals surface area contributed by atoms with Gasteiger partial charge in [-0.3, -0.25) is 19.4 Å². The predicted octanol–water partition coefficient (Wildman–Crippen LogP) is 5.24. The summed E-state index contributed by atoms with van der Waals surface area (Å²) in [5.74, 6) is -0.822. The minimum atomic E-state index is -0.985. The van der Waals surface area contributed by atoms with Crippen LogP contribution in [0.4, 0.5) is 0 Å². The molecule has 0 aliphatic rings. The molecule has 0 saturated carbocycles. The molecule has 1 heterocycles. The minimum absolute atomic E-state index is 0.0482. The lowest BCUT2D eigenvalue weighted by molar-refractivity contribution is -0.137. The summed E-state index contributed by atoms with van der Waals surface area (Å²) in [7, 11) is 0. The summed E-state index contributed by atoms with van der Waals surface area (Å²) in [5.41, 5.74) is 3.84.